The van der Waals surface area contributed by atoms with Gasteiger partial charge >= 0.3 is 5.97 Å². The fourth-order valence-corrected chi connectivity index (χ4v) is 2.29. The first-order chi connectivity index (χ1) is 8.84. The van der Waals surface area contributed by atoms with Crippen molar-refractivity contribution in [2.24, 2.45) is 5.92 Å². The summed E-state index contributed by atoms with van der Waals surface area (Å²) in [6.45, 7) is 8.42. The molecule has 0 aromatic carbocycles. The van der Waals surface area contributed by atoms with E-state index < -0.39 is 5.97 Å². The van der Waals surface area contributed by atoms with Crippen molar-refractivity contribution in [2.45, 2.75) is 45.6 Å². The normalized spacial score (nSPS) is 20.9. The van der Waals surface area contributed by atoms with Gasteiger partial charge in [-0.05, 0) is 18.9 Å². The van der Waals surface area contributed by atoms with Crippen molar-refractivity contribution in [1.29, 1.82) is 0 Å². The summed E-state index contributed by atoms with van der Waals surface area (Å²) in [4.78, 5) is 17.2. The second-order valence-corrected chi connectivity index (χ2v) is 6.25. The Kier molecular flexibility index (Phi) is 3.89. The van der Waals surface area contributed by atoms with Gasteiger partial charge in [0.1, 0.15) is 0 Å². The van der Waals surface area contributed by atoms with Crippen molar-refractivity contribution >= 4 is 5.97 Å². The molecule has 0 amide bonds. The third kappa shape index (κ3) is 3.76. The molecular formula is C13H21N3O3. The number of aromatic nitrogens is 2. The van der Waals surface area contributed by atoms with E-state index in [1.165, 1.54) is 0 Å². The van der Waals surface area contributed by atoms with Gasteiger partial charge < -0.3 is 9.63 Å². The number of rotatable bonds is 4. The molecule has 0 bridgehead atoms. The molecule has 6 heteroatoms. The van der Waals surface area contributed by atoms with Crippen LogP contribution in [0, 0.1) is 5.92 Å². The summed E-state index contributed by atoms with van der Waals surface area (Å²) in [5, 5.41) is 12.8. The average Bonchev–Trinajstić information content (AvgIpc) is 2.86. The third-order valence-electron chi connectivity index (χ3n) is 3.33. The molecule has 1 unspecified atom stereocenters. The molecule has 1 saturated heterocycles. The minimum Gasteiger partial charge on any atom is -0.481 e. The summed E-state index contributed by atoms with van der Waals surface area (Å²) < 4.78 is 5.25. The van der Waals surface area contributed by atoms with Crippen LogP contribution in [0.15, 0.2) is 4.52 Å². The van der Waals surface area contributed by atoms with Crippen LogP contribution in [0.4, 0.5) is 0 Å². The summed E-state index contributed by atoms with van der Waals surface area (Å²) in [6.07, 6.45) is 1.17. The summed E-state index contributed by atoms with van der Waals surface area (Å²) in [7, 11) is 0. The Morgan fingerprint density at radius 2 is 2.26 bits per heavy atom. The number of hydrogen-bond donors (Lipinski definition) is 1. The van der Waals surface area contributed by atoms with Crippen LogP contribution < -0.4 is 0 Å². The van der Waals surface area contributed by atoms with Crippen molar-refractivity contribution in [3.05, 3.63) is 11.7 Å². The smallest absolute Gasteiger partial charge is 0.303 e. The van der Waals surface area contributed by atoms with E-state index in [0.29, 0.717) is 18.3 Å². The zero-order valence-electron chi connectivity index (χ0n) is 11.7. The molecule has 0 aliphatic carbocycles. The second kappa shape index (κ2) is 5.28. The van der Waals surface area contributed by atoms with Gasteiger partial charge in [0.2, 0.25) is 5.89 Å². The Hall–Kier alpha value is -1.43. The number of carbonyl (C=O) groups is 1. The topological polar surface area (TPSA) is 79.5 Å². The van der Waals surface area contributed by atoms with E-state index in [4.69, 9.17) is 9.63 Å². The first-order valence-electron chi connectivity index (χ1n) is 6.62. The number of carboxylic acid groups (broad SMARTS) is 1. The molecule has 0 spiro atoms. The average molecular weight is 267 g/mol. The molecule has 19 heavy (non-hydrogen) atoms. The van der Waals surface area contributed by atoms with E-state index in [0.717, 1.165) is 19.5 Å². The molecule has 1 aromatic heterocycles. The van der Waals surface area contributed by atoms with Gasteiger partial charge in [0.25, 0.3) is 0 Å². The number of aliphatic carboxylic acids is 1. The molecule has 106 valence electrons. The third-order valence-corrected chi connectivity index (χ3v) is 3.33. The van der Waals surface area contributed by atoms with E-state index in [1.54, 1.807) is 0 Å². The van der Waals surface area contributed by atoms with Gasteiger partial charge in [0, 0.05) is 18.4 Å². The highest BCUT2D eigenvalue weighted by Gasteiger charge is 2.27. The fraction of sp³-hybridized carbons (Fsp3) is 0.769. The highest BCUT2D eigenvalue weighted by atomic mass is 16.5. The van der Waals surface area contributed by atoms with Crippen molar-refractivity contribution in [1.82, 2.24) is 15.0 Å². The van der Waals surface area contributed by atoms with Crippen LogP contribution in [0.2, 0.25) is 0 Å². The van der Waals surface area contributed by atoms with E-state index >= 15 is 0 Å². The predicted molar refractivity (Wildman–Crippen MR) is 68.6 cm³/mol. The molecule has 2 heterocycles. The first-order valence-corrected chi connectivity index (χ1v) is 6.62. The van der Waals surface area contributed by atoms with Gasteiger partial charge in [-0.15, -0.1) is 0 Å². The highest BCUT2D eigenvalue weighted by molar-refractivity contribution is 5.67. The Morgan fingerprint density at radius 3 is 2.84 bits per heavy atom. The minimum absolute atomic E-state index is 0.112. The minimum atomic E-state index is -0.723. The van der Waals surface area contributed by atoms with Crippen LogP contribution in [-0.2, 0) is 16.8 Å². The monoisotopic (exact) mass is 267 g/mol. The summed E-state index contributed by atoms with van der Waals surface area (Å²) in [5.74, 6) is 0.840. The van der Waals surface area contributed by atoms with Gasteiger partial charge in [0.15, 0.2) is 5.82 Å². The van der Waals surface area contributed by atoms with E-state index in [9.17, 15) is 4.79 Å². The molecule has 2 rings (SSSR count). The standard InChI is InChI=1S/C13H21N3O3/c1-13(2,3)12-14-10(19-15-12)8-16-5-4-9(7-16)6-11(17)18/h9H,4-8H2,1-3H3,(H,17,18). The van der Waals surface area contributed by atoms with E-state index in [1.807, 2.05) is 20.8 Å². The predicted octanol–water partition coefficient (Wildman–Crippen LogP) is 1.66. The maximum Gasteiger partial charge on any atom is 0.303 e. The maximum absolute atomic E-state index is 10.7. The van der Waals surface area contributed by atoms with Crippen LogP contribution in [0.25, 0.3) is 0 Å². The maximum atomic E-state index is 10.7. The van der Waals surface area contributed by atoms with Gasteiger partial charge in [-0.25, -0.2) is 0 Å². The highest BCUT2D eigenvalue weighted by Crippen LogP contribution is 2.22. The molecule has 1 N–H and O–H groups in total. The molecule has 1 aliphatic rings. The molecule has 1 atom stereocenters. The van der Waals surface area contributed by atoms with Gasteiger partial charge in [-0.2, -0.15) is 4.98 Å². The van der Waals surface area contributed by atoms with Crippen molar-refractivity contribution in [3.8, 4) is 0 Å². The lowest BCUT2D eigenvalue weighted by Crippen LogP contribution is -2.21. The van der Waals surface area contributed by atoms with Crippen LogP contribution >= 0.6 is 0 Å². The van der Waals surface area contributed by atoms with Crippen molar-refractivity contribution in [3.63, 3.8) is 0 Å². The first kappa shape index (κ1) is 14.0. The Labute approximate surface area is 112 Å². The van der Waals surface area contributed by atoms with Crippen molar-refractivity contribution < 1.29 is 14.4 Å². The fourth-order valence-electron chi connectivity index (χ4n) is 2.29. The van der Waals surface area contributed by atoms with E-state index in [2.05, 4.69) is 15.0 Å². The van der Waals surface area contributed by atoms with Crippen LogP contribution in [0.5, 0.6) is 0 Å². The number of carboxylic acids is 1. The quantitative estimate of drug-likeness (QED) is 0.893. The van der Waals surface area contributed by atoms with Crippen LogP contribution in [-0.4, -0.2) is 39.2 Å². The lowest BCUT2D eigenvalue weighted by atomic mass is 9.96. The molecule has 1 aliphatic heterocycles. The number of hydrogen-bond acceptors (Lipinski definition) is 5. The zero-order valence-corrected chi connectivity index (χ0v) is 11.7. The Bertz CT molecular complexity index is 450. The molecule has 0 radical (unpaired) electrons. The molecule has 1 fully saturated rings. The molecule has 1 aromatic rings. The summed E-state index contributed by atoms with van der Waals surface area (Å²) >= 11 is 0. The van der Waals surface area contributed by atoms with Gasteiger partial charge in [-0.3, -0.25) is 9.69 Å². The number of likely N-dealkylation sites (tertiary alicyclic amines) is 1. The summed E-state index contributed by atoms with van der Waals surface area (Å²) in [5.41, 5.74) is -0.112. The van der Waals surface area contributed by atoms with Crippen LogP contribution in [0.3, 0.4) is 0 Å². The van der Waals surface area contributed by atoms with Crippen LogP contribution in [0.1, 0.15) is 45.3 Å². The molecule has 0 saturated carbocycles. The number of nitrogens with zero attached hydrogens (tertiary/aromatic N) is 3. The Morgan fingerprint density at radius 1 is 1.53 bits per heavy atom. The SMILES string of the molecule is CC(C)(C)c1noc(CN2CCC(CC(=O)O)C2)n1. The largest absolute Gasteiger partial charge is 0.481 e. The molecular weight excluding hydrogens is 246 g/mol. The van der Waals surface area contributed by atoms with Gasteiger partial charge in [0.05, 0.1) is 6.54 Å². The molecule has 6 nitrogen and oxygen atoms in total. The lowest BCUT2D eigenvalue weighted by molar-refractivity contribution is -0.138. The van der Waals surface area contributed by atoms with Crippen molar-refractivity contribution in [2.75, 3.05) is 13.1 Å². The lowest BCUT2D eigenvalue weighted by Gasteiger charge is -2.13. The van der Waals surface area contributed by atoms with E-state index in [-0.39, 0.29) is 17.8 Å². The summed E-state index contributed by atoms with van der Waals surface area (Å²) in [6, 6.07) is 0. The zero-order chi connectivity index (χ0) is 14.0. The second-order valence-electron chi connectivity index (χ2n) is 6.25. The van der Waals surface area contributed by atoms with Gasteiger partial charge in [-0.1, -0.05) is 25.9 Å². The Balaban J connectivity index is 1.89.